The van der Waals surface area contributed by atoms with Crippen LogP contribution in [0.15, 0.2) is 36.4 Å². The normalized spacial score (nSPS) is 14.0. The predicted octanol–water partition coefficient (Wildman–Crippen LogP) is 3.23. The van der Waals surface area contributed by atoms with Gasteiger partial charge in [-0.05, 0) is 30.6 Å². The van der Waals surface area contributed by atoms with E-state index in [1.165, 1.54) is 11.6 Å². The van der Waals surface area contributed by atoms with Gasteiger partial charge in [0.05, 0.1) is 6.04 Å². The number of rotatable bonds is 4. The molecule has 3 nitrogen and oxygen atoms in total. The Morgan fingerprint density at radius 2 is 1.74 bits per heavy atom. The zero-order valence-corrected chi connectivity index (χ0v) is 12.3. The molecular weight excluding hydrogens is 238 g/mol. The van der Waals surface area contributed by atoms with E-state index in [1.807, 2.05) is 19.0 Å². The van der Waals surface area contributed by atoms with Crippen LogP contribution in [0.1, 0.15) is 37.9 Å². The molecule has 1 rings (SSSR count). The monoisotopic (exact) mass is 261 g/mol. The number of hydrogen-bond acceptors (Lipinski definition) is 2. The third-order valence-electron chi connectivity index (χ3n) is 3.10. The number of aliphatic carboxylic acids is 1. The maximum atomic E-state index is 10.6. The van der Waals surface area contributed by atoms with Gasteiger partial charge in [-0.1, -0.05) is 51.1 Å². The lowest BCUT2D eigenvalue weighted by molar-refractivity contribution is -0.131. The summed E-state index contributed by atoms with van der Waals surface area (Å²) >= 11 is 0. The number of carboxylic acid groups (broad SMARTS) is 1. The van der Waals surface area contributed by atoms with E-state index in [2.05, 4.69) is 45.0 Å². The van der Waals surface area contributed by atoms with Crippen molar-refractivity contribution in [3.63, 3.8) is 0 Å². The second-order valence-electron chi connectivity index (χ2n) is 5.98. The molecule has 0 heterocycles. The summed E-state index contributed by atoms with van der Waals surface area (Å²) < 4.78 is 0. The Morgan fingerprint density at radius 1 is 1.21 bits per heavy atom. The molecule has 1 aromatic carbocycles. The van der Waals surface area contributed by atoms with Crippen LogP contribution in [0, 0.1) is 0 Å². The first-order valence-corrected chi connectivity index (χ1v) is 6.40. The fraction of sp³-hybridized carbons (Fsp3) is 0.438. The van der Waals surface area contributed by atoms with Crippen molar-refractivity contribution in [3.8, 4) is 0 Å². The summed E-state index contributed by atoms with van der Waals surface area (Å²) in [5, 5.41) is 8.74. The highest BCUT2D eigenvalue weighted by molar-refractivity contribution is 5.79. The van der Waals surface area contributed by atoms with Crippen LogP contribution < -0.4 is 0 Å². The number of nitrogens with zero attached hydrogens (tertiary/aromatic N) is 1. The summed E-state index contributed by atoms with van der Waals surface area (Å²) in [7, 11) is 3.88. The molecule has 0 bridgehead atoms. The second kappa shape index (κ2) is 6.02. The average Bonchev–Trinajstić information content (AvgIpc) is 2.27. The highest BCUT2D eigenvalue weighted by atomic mass is 16.4. The molecule has 0 aliphatic carbocycles. The van der Waals surface area contributed by atoms with Crippen LogP contribution in [0.25, 0.3) is 0 Å². The molecule has 0 amide bonds. The summed E-state index contributed by atoms with van der Waals surface area (Å²) in [4.78, 5) is 12.6. The number of carbonyl (C=O) groups is 1. The van der Waals surface area contributed by atoms with Crippen LogP contribution in [-0.2, 0) is 10.2 Å². The van der Waals surface area contributed by atoms with E-state index in [-0.39, 0.29) is 11.5 Å². The van der Waals surface area contributed by atoms with Crippen LogP contribution in [0.3, 0.4) is 0 Å². The molecule has 1 aromatic rings. The molecule has 0 fully saturated rings. The Hall–Kier alpha value is -1.61. The van der Waals surface area contributed by atoms with Gasteiger partial charge in [-0.3, -0.25) is 4.90 Å². The van der Waals surface area contributed by atoms with E-state index in [0.717, 1.165) is 5.56 Å². The molecule has 0 spiro atoms. The summed E-state index contributed by atoms with van der Waals surface area (Å²) in [5.74, 6) is -0.918. The molecule has 1 N–H and O–H groups in total. The topological polar surface area (TPSA) is 40.5 Å². The molecule has 0 aliphatic heterocycles. The zero-order chi connectivity index (χ0) is 14.6. The van der Waals surface area contributed by atoms with E-state index in [9.17, 15) is 4.79 Å². The summed E-state index contributed by atoms with van der Waals surface area (Å²) in [6, 6.07) is 8.33. The lowest BCUT2D eigenvalue weighted by Gasteiger charge is -2.23. The fourth-order valence-electron chi connectivity index (χ4n) is 1.94. The molecule has 1 atom stereocenters. The largest absolute Gasteiger partial charge is 0.478 e. The fourth-order valence-corrected chi connectivity index (χ4v) is 1.94. The molecule has 3 heteroatoms. The Morgan fingerprint density at radius 3 is 2.11 bits per heavy atom. The Balaban J connectivity index is 3.02. The Bertz CT molecular complexity index is 453. The van der Waals surface area contributed by atoms with E-state index < -0.39 is 5.97 Å². The van der Waals surface area contributed by atoms with E-state index in [4.69, 9.17) is 5.11 Å². The molecule has 0 saturated heterocycles. The van der Waals surface area contributed by atoms with Crippen molar-refractivity contribution in [3.05, 3.63) is 47.5 Å². The van der Waals surface area contributed by atoms with Crippen molar-refractivity contribution in [2.24, 2.45) is 0 Å². The maximum Gasteiger partial charge on any atom is 0.328 e. The number of carboxylic acids is 1. The lowest BCUT2D eigenvalue weighted by atomic mass is 9.86. The predicted molar refractivity (Wildman–Crippen MR) is 78.3 cm³/mol. The van der Waals surface area contributed by atoms with Crippen molar-refractivity contribution in [1.82, 2.24) is 4.90 Å². The third-order valence-corrected chi connectivity index (χ3v) is 3.10. The molecule has 0 radical (unpaired) electrons. The number of hydrogen-bond donors (Lipinski definition) is 1. The molecule has 104 valence electrons. The lowest BCUT2D eigenvalue weighted by Crippen LogP contribution is -2.19. The smallest absolute Gasteiger partial charge is 0.328 e. The Labute approximate surface area is 115 Å². The highest BCUT2D eigenvalue weighted by Gasteiger charge is 2.15. The van der Waals surface area contributed by atoms with Gasteiger partial charge in [-0.15, -0.1) is 0 Å². The van der Waals surface area contributed by atoms with Crippen molar-refractivity contribution in [2.75, 3.05) is 14.1 Å². The van der Waals surface area contributed by atoms with Gasteiger partial charge < -0.3 is 5.11 Å². The van der Waals surface area contributed by atoms with Crippen LogP contribution in [-0.4, -0.2) is 30.1 Å². The summed E-state index contributed by atoms with van der Waals surface area (Å²) in [6.07, 6.45) is 2.90. The van der Waals surface area contributed by atoms with Crippen LogP contribution in [0.2, 0.25) is 0 Å². The van der Waals surface area contributed by atoms with Gasteiger partial charge in [0.2, 0.25) is 0 Å². The first-order chi connectivity index (χ1) is 8.71. The van der Waals surface area contributed by atoms with Crippen LogP contribution >= 0.6 is 0 Å². The first kappa shape index (κ1) is 15.4. The number of likely N-dealkylation sites (N-methyl/N-ethyl adjacent to an activating group) is 1. The van der Waals surface area contributed by atoms with Gasteiger partial charge in [-0.25, -0.2) is 4.79 Å². The van der Waals surface area contributed by atoms with Gasteiger partial charge in [0.1, 0.15) is 0 Å². The summed E-state index contributed by atoms with van der Waals surface area (Å²) in [6.45, 7) is 6.53. The minimum absolute atomic E-state index is 0.0230. The third kappa shape index (κ3) is 4.52. The van der Waals surface area contributed by atoms with E-state index in [0.29, 0.717) is 0 Å². The maximum absolute atomic E-state index is 10.6. The van der Waals surface area contributed by atoms with Gasteiger partial charge in [0.25, 0.3) is 0 Å². The second-order valence-corrected chi connectivity index (χ2v) is 5.98. The van der Waals surface area contributed by atoms with Gasteiger partial charge in [0.15, 0.2) is 0 Å². The molecular formula is C16H23NO2. The quantitative estimate of drug-likeness (QED) is 0.846. The van der Waals surface area contributed by atoms with Crippen molar-refractivity contribution in [1.29, 1.82) is 0 Å². The van der Waals surface area contributed by atoms with E-state index in [1.54, 1.807) is 6.08 Å². The van der Waals surface area contributed by atoms with Crippen molar-refractivity contribution >= 4 is 5.97 Å². The Kier molecular flexibility index (Phi) is 4.90. The van der Waals surface area contributed by atoms with Gasteiger partial charge in [-0.2, -0.15) is 0 Å². The standard InChI is InChI=1S/C16H23NO2/c1-16(2,3)13-8-6-12(7-9-13)14(17(4)5)10-11-15(18)19/h6-11,14H,1-5H3,(H,18,19)/b11-10+. The van der Waals surface area contributed by atoms with Crippen molar-refractivity contribution in [2.45, 2.75) is 32.2 Å². The molecule has 0 saturated carbocycles. The average molecular weight is 261 g/mol. The zero-order valence-electron chi connectivity index (χ0n) is 12.3. The first-order valence-electron chi connectivity index (χ1n) is 6.40. The van der Waals surface area contributed by atoms with Crippen LogP contribution in [0.4, 0.5) is 0 Å². The highest BCUT2D eigenvalue weighted by Crippen LogP contribution is 2.25. The number of benzene rings is 1. The van der Waals surface area contributed by atoms with E-state index >= 15 is 0 Å². The molecule has 0 aliphatic rings. The molecule has 1 unspecified atom stereocenters. The van der Waals surface area contributed by atoms with Crippen LogP contribution in [0.5, 0.6) is 0 Å². The summed E-state index contributed by atoms with van der Waals surface area (Å²) in [5.41, 5.74) is 2.50. The van der Waals surface area contributed by atoms with Gasteiger partial charge >= 0.3 is 5.97 Å². The minimum Gasteiger partial charge on any atom is -0.478 e. The van der Waals surface area contributed by atoms with Gasteiger partial charge in [0, 0.05) is 6.08 Å². The van der Waals surface area contributed by atoms with Crippen molar-refractivity contribution < 1.29 is 9.90 Å². The molecule has 0 aromatic heterocycles. The minimum atomic E-state index is -0.918. The SMILES string of the molecule is CN(C)C(/C=C/C(=O)O)c1ccc(C(C)(C)C)cc1. The molecule has 19 heavy (non-hydrogen) atoms.